The van der Waals surface area contributed by atoms with Crippen molar-refractivity contribution in [2.24, 2.45) is 0 Å². The van der Waals surface area contributed by atoms with Gasteiger partial charge >= 0.3 is 0 Å². The highest BCUT2D eigenvalue weighted by Crippen LogP contribution is 2.30. The highest BCUT2D eigenvalue weighted by Gasteiger charge is 2.20. The van der Waals surface area contributed by atoms with E-state index in [1.165, 1.54) is 11.9 Å². The molecule has 2 amide bonds. The number of morpholine rings is 1. The van der Waals surface area contributed by atoms with Crippen LogP contribution in [0.15, 0.2) is 40.9 Å². The first-order valence-corrected chi connectivity index (χ1v) is 10.1. The second-order valence-electron chi connectivity index (χ2n) is 7.00. The number of anilines is 2. The molecule has 1 saturated heterocycles. The van der Waals surface area contributed by atoms with Gasteiger partial charge in [-0.2, -0.15) is 0 Å². The molecule has 0 saturated carbocycles. The predicted molar refractivity (Wildman–Crippen MR) is 116 cm³/mol. The summed E-state index contributed by atoms with van der Waals surface area (Å²) in [6.07, 6.45) is 0. The number of carbonyl (C=O) groups is 2. The molecule has 3 rings (SSSR count). The third-order valence-electron chi connectivity index (χ3n) is 4.69. The Hall–Kier alpha value is -2.58. The summed E-state index contributed by atoms with van der Waals surface area (Å²) < 4.78 is 5.80. The van der Waals surface area contributed by atoms with Crippen molar-refractivity contribution >= 4 is 39.1 Å². The Bertz CT molecular complexity index is 896. The largest absolute Gasteiger partial charge is 0.506 e. The Labute approximate surface area is 178 Å². The summed E-state index contributed by atoms with van der Waals surface area (Å²) in [5.74, 6) is -0.873. The number of benzene rings is 2. The van der Waals surface area contributed by atoms with Gasteiger partial charge in [-0.1, -0.05) is 0 Å². The number of nitrogens with one attached hydrogen (secondary N) is 1. The van der Waals surface area contributed by atoms with Crippen LogP contribution in [0.2, 0.25) is 0 Å². The number of halogens is 1. The second kappa shape index (κ2) is 9.28. The minimum absolute atomic E-state index is 0.130. The fourth-order valence-electron chi connectivity index (χ4n) is 3.17. The predicted octanol–water partition coefficient (Wildman–Crippen LogP) is 3.01. The molecule has 1 aliphatic heterocycles. The van der Waals surface area contributed by atoms with Crippen molar-refractivity contribution in [1.82, 2.24) is 4.90 Å². The van der Waals surface area contributed by atoms with Crippen molar-refractivity contribution in [3.63, 3.8) is 0 Å². The van der Waals surface area contributed by atoms with E-state index in [4.69, 9.17) is 4.74 Å². The Kier molecular flexibility index (Phi) is 6.76. The smallest absolute Gasteiger partial charge is 0.257 e. The lowest BCUT2D eigenvalue weighted by Gasteiger charge is -2.28. The summed E-state index contributed by atoms with van der Waals surface area (Å²) in [5, 5.41) is 12.9. The van der Waals surface area contributed by atoms with E-state index in [0.29, 0.717) is 23.4 Å². The van der Waals surface area contributed by atoms with Crippen LogP contribution in [0.4, 0.5) is 11.4 Å². The average molecular weight is 462 g/mol. The number of phenols is 1. The molecule has 8 heteroatoms. The molecule has 0 atom stereocenters. The molecule has 0 aromatic heterocycles. The molecule has 0 radical (unpaired) electrons. The normalized spacial score (nSPS) is 13.8. The average Bonchev–Trinajstić information content (AvgIpc) is 2.71. The van der Waals surface area contributed by atoms with Gasteiger partial charge in [0, 0.05) is 31.5 Å². The molecule has 7 nitrogen and oxygen atoms in total. The van der Waals surface area contributed by atoms with Gasteiger partial charge in [0.25, 0.3) is 5.91 Å². The van der Waals surface area contributed by atoms with E-state index in [2.05, 4.69) is 26.1 Å². The molecular formula is C21H24BrN3O4. The Balaban J connectivity index is 1.59. The summed E-state index contributed by atoms with van der Waals surface area (Å²) in [5.41, 5.74) is 2.73. The number of hydrogen-bond donors (Lipinski definition) is 2. The van der Waals surface area contributed by atoms with Crippen LogP contribution in [0, 0.1) is 6.92 Å². The maximum Gasteiger partial charge on any atom is 0.257 e. The number of likely N-dealkylation sites (N-methyl/N-ethyl adjacent to an activating group) is 1. The topological polar surface area (TPSA) is 82.1 Å². The van der Waals surface area contributed by atoms with Gasteiger partial charge in [-0.05, 0) is 64.8 Å². The number of nitrogens with zero attached hydrogens (tertiary/aromatic N) is 2. The van der Waals surface area contributed by atoms with Crippen molar-refractivity contribution in [2.75, 3.05) is 50.1 Å². The van der Waals surface area contributed by atoms with Gasteiger partial charge in [-0.3, -0.25) is 9.59 Å². The third-order valence-corrected chi connectivity index (χ3v) is 5.30. The zero-order valence-corrected chi connectivity index (χ0v) is 18.0. The monoisotopic (exact) mass is 461 g/mol. The van der Waals surface area contributed by atoms with Crippen LogP contribution in [-0.2, 0) is 9.53 Å². The highest BCUT2D eigenvalue weighted by molar-refractivity contribution is 9.10. The SMILES string of the molecule is Cc1cc(Br)c(O)c(C(=O)N(C)CC(=O)Nc2ccc(N3CCOCC3)cc2)c1. The zero-order chi connectivity index (χ0) is 21.0. The lowest BCUT2D eigenvalue weighted by molar-refractivity contribution is -0.116. The van der Waals surface area contributed by atoms with Gasteiger partial charge < -0.3 is 25.0 Å². The minimum Gasteiger partial charge on any atom is -0.506 e. The van der Waals surface area contributed by atoms with E-state index in [0.717, 1.165) is 24.3 Å². The Morgan fingerprint density at radius 2 is 1.86 bits per heavy atom. The van der Waals surface area contributed by atoms with Crippen LogP contribution in [0.25, 0.3) is 0 Å². The van der Waals surface area contributed by atoms with Crippen molar-refractivity contribution in [2.45, 2.75) is 6.92 Å². The highest BCUT2D eigenvalue weighted by atomic mass is 79.9. The molecule has 1 aliphatic rings. The Morgan fingerprint density at radius 3 is 2.52 bits per heavy atom. The first-order valence-electron chi connectivity index (χ1n) is 9.32. The molecule has 2 aromatic rings. The molecule has 0 spiro atoms. The van der Waals surface area contributed by atoms with Crippen LogP contribution in [0.1, 0.15) is 15.9 Å². The van der Waals surface area contributed by atoms with Crippen LogP contribution < -0.4 is 10.2 Å². The maximum atomic E-state index is 12.6. The number of amides is 2. The Morgan fingerprint density at radius 1 is 1.21 bits per heavy atom. The fourth-order valence-corrected chi connectivity index (χ4v) is 3.74. The second-order valence-corrected chi connectivity index (χ2v) is 7.85. The third kappa shape index (κ3) is 5.27. The molecule has 1 fully saturated rings. The lowest BCUT2D eigenvalue weighted by atomic mass is 10.1. The molecule has 0 aliphatic carbocycles. The quantitative estimate of drug-likeness (QED) is 0.714. The van der Waals surface area contributed by atoms with Crippen molar-refractivity contribution < 1.29 is 19.4 Å². The molecule has 154 valence electrons. The van der Waals surface area contributed by atoms with E-state index in [-0.39, 0.29) is 23.8 Å². The van der Waals surface area contributed by atoms with Crippen LogP contribution in [0.3, 0.4) is 0 Å². The molecule has 0 unspecified atom stereocenters. The molecule has 0 bridgehead atoms. The minimum atomic E-state index is -0.426. The van der Waals surface area contributed by atoms with Crippen molar-refractivity contribution in [3.05, 3.63) is 52.0 Å². The molecular weight excluding hydrogens is 438 g/mol. The summed E-state index contributed by atoms with van der Waals surface area (Å²) in [6, 6.07) is 10.9. The van der Waals surface area contributed by atoms with Gasteiger partial charge in [0.2, 0.25) is 5.91 Å². The number of phenolic OH excluding ortho intramolecular Hbond substituents is 1. The number of aromatic hydroxyl groups is 1. The molecule has 1 heterocycles. The van der Waals surface area contributed by atoms with Crippen LogP contribution in [-0.4, -0.2) is 61.7 Å². The van der Waals surface area contributed by atoms with E-state index >= 15 is 0 Å². The molecule has 2 N–H and O–H groups in total. The lowest BCUT2D eigenvalue weighted by Crippen LogP contribution is -2.36. The van der Waals surface area contributed by atoms with E-state index in [1.807, 2.05) is 31.2 Å². The number of ether oxygens (including phenoxy) is 1. The summed E-state index contributed by atoms with van der Waals surface area (Å²) in [7, 11) is 1.53. The van der Waals surface area contributed by atoms with Crippen LogP contribution in [0.5, 0.6) is 5.75 Å². The van der Waals surface area contributed by atoms with Crippen molar-refractivity contribution in [3.8, 4) is 5.75 Å². The van der Waals surface area contributed by atoms with Gasteiger partial charge in [-0.15, -0.1) is 0 Å². The van der Waals surface area contributed by atoms with Crippen LogP contribution >= 0.6 is 15.9 Å². The fraction of sp³-hybridized carbons (Fsp3) is 0.333. The van der Waals surface area contributed by atoms with E-state index in [1.54, 1.807) is 12.1 Å². The number of rotatable bonds is 5. The number of aryl methyl sites for hydroxylation is 1. The summed E-state index contributed by atoms with van der Waals surface area (Å²) in [4.78, 5) is 28.5. The number of carbonyl (C=O) groups excluding carboxylic acids is 2. The van der Waals surface area contributed by atoms with E-state index in [9.17, 15) is 14.7 Å². The summed E-state index contributed by atoms with van der Waals surface area (Å²) in [6.45, 7) is 4.82. The maximum absolute atomic E-state index is 12.6. The van der Waals surface area contributed by atoms with Gasteiger partial charge in [0.05, 0.1) is 29.8 Å². The van der Waals surface area contributed by atoms with E-state index < -0.39 is 5.91 Å². The standard InChI is InChI=1S/C21H24BrN3O4/c1-14-11-17(20(27)18(22)12-14)21(28)24(2)13-19(26)23-15-3-5-16(6-4-15)25-7-9-29-10-8-25/h3-6,11-12,27H,7-10,13H2,1-2H3,(H,23,26). The number of hydrogen-bond acceptors (Lipinski definition) is 5. The first kappa shape index (κ1) is 21.1. The van der Waals surface area contributed by atoms with Gasteiger partial charge in [-0.25, -0.2) is 0 Å². The van der Waals surface area contributed by atoms with Gasteiger partial charge in [0.15, 0.2) is 0 Å². The molecule has 2 aromatic carbocycles. The first-order chi connectivity index (χ1) is 13.8. The van der Waals surface area contributed by atoms with Crippen molar-refractivity contribution in [1.29, 1.82) is 0 Å². The summed E-state index contributed by atoms with van der Waals surface area (Å²) >= 11 is 3.23. The van der Waals surface area contributed by atoms with Gasteiger partial charge in [0.1, 0.15) is 5.75 Å². The zero-order valence-electron chi connectivity index (χ0n) is 16.4. The molecule has 29 heavy (non-hydrogen) atoms.